The number of benzene rings is 2. The van der Waals surface area contributed by atoms with E-state index in [1.165, 1.54) is 41.6 Å². The van der Waals surface area contributed by atoms with Crippen LogP contribution in [0.2, 0.25) is 0 Å². The number of anilines is 1. The van der Waals surface area contributed by atoms with Gasteiger partial charge in [0, 0.05) is 19.1 Å². The number of hydrogen-bond donors (Lipinski definition) is 0. The standard InChI is InChI=1S/C16H12N4O3S/c1-11(21)19(16-18-14-4-2-3-5-15(14)24-16)17-10-12-6-8-13(9-7-12)20(22)23/h2-10H,1H3/b17-10+. The molecule has 0 saturated heterocycles. The first-order valence-electron chi connectivity index (χ1n) is 6.99. The lowest BCUT2D eigenvalue weighted by molar-refractivity contribution is -0.384. The first-order chi connectivity index (χ1) is 11.5. The maximum Gasteiger partial charge on any atom is 0.269 e. The zero-order chi connectivity index (χ0) is 17.1. The summed E-state index contributed by atoms with van der Waals surface area (Å²) in [6.45, 7) is 1.40. The lowest BCUT2D eigenvalue weighted by Gasteiger charge is -2.10. The summed E-state index contributed by atoms with van der Waals surface area (Å²) in [6, 6.07) is 13.5. The van der Waals surface area contributed by atoms with Gasteiger partial charge in [-0.25, -0.2) is 4.98 Å². The number of rotatable bonds is 4. The zero-order valence-corrected chi connectivity index (χ0v) is 13.4. The summed E-state index contributed by atoms with van der Waals surface area (Å²) in [6.07, 6.45) is 1.47. The molecule has 1 heterocycles. The molecule has 3 rings (SSSR count). The van der Waals surface area contributed by atoms with Crippen molar-refractivity contribution in [3.8, 4) is 0 Å². The van der Waals surface area contributed by atoms with Crippen LogP contribution in [0.4, 0.5) is 10.8 Å². The Kier molecular flexibility index (Phi) is 4.30. The largest absolute Gasteiger partial charge is 0.273 e. The highest BCUT2D eigenvalue weighted by molar-refractivity contribution is 7.22. The normalized spacial score (nSPS) is 11.0. The molecule has 8 heteroatoms. The molecule has 7 nitrogen and oxygen atoms in total. The molecule has 0 unspecified atom stereocenters. The van der Waals surface area contributed by atoms with Gasteiger partial charge in [0.15, 0.2) is 0 Å². The summed E-state index contributed by atoms with van der Waals surface area (Å²) in [5.74, 6) is -0.271. The van der Waals surface area contributed by atoms with Gasteiger partial charge in [-0.15, -0.1) is 0 Å². The van der Waals surface area contributed by atoms with Crippen LogP contribution in [0.3, 0.4) is 0 Å². The molecule has 0 atom stereocenters. The second-order valence-electron chi connectivity index (χ2n) is 4.89. The van der Waals surface area contributed by atoms with E-state index in [0.717, 1.165) is 10.2 Å². The molecule has 0 spiro atoms. The van der Waals surface area contributed by atoms with Gasteiger partial charge in [0.25, 0.3) is 5.69 Å². The van der Waals surface area contributed by atoms with Gasteiger partial charge in [-0.2, -0.15) is 10.1 Å². The second kappa shape index (κ2) is 6.55. The maximum atomic E-state index is 11.9. The minimum absolute atomic E-state index is 0.00162. The number of hydrogen-bond acceptors (Lipinski definition) is 6. The molecule has 1 amide bonds. The average Bonchev–Trinajstić information content (AvgIpc) is 2.98. The van der Waals surface area contributed by atoms with E-state index in [-0.39, 0.29) is 11.6 Å². The van der Waals surface area contributed by atoms with E-state index in [0.29, 0.717) is 10.7 Å². The number of thiazole rings is 1. The minimum atomic E-state index is -0.468. The Morgan fingerprint density at radius 3 is 2.58 bits per heavy atom. The number of fused-ring (bicyclic) bond motifs is 1. The molecule has 3 aromatic rings. The van der Waals surface area contributed by atoms with E-state index < -0.39 is 4.92 Å². The molecule has 0 fully saturated rings. The number of carbonyl (C=O) groups is 1. The van der Waals surface area contributed by atoms with Crippen molar-refractivity contribution in [3.63, 3.8) is 0 Å². The Morgan fingerprint density at radius 2 is 1.96 bits per heavy atom. The van der Waals surface area contributed by atoms with Crippen LogP contribution in [-0.4, -0.2) is 22.0 Å². The van der Waals surface area contributed by atoms with Crippen molar-refractivity contribution < 1.29 is 9.72 Å². The van der Waals surface area contributed by atoms with Crippen molar-refractivity contribution in [1.29, 1.82) is 0 Å². The van der Waals surface area contributed by atoms with Crippen molar-refractivity contribution in [1.82, 2.24) is 4.98 Å². The lowest BCUT2D eigenvalue weighted by atomic mass is 10.2. The molecule has 2 aromatic carbocycles. The molecule has 0 radical (unpaired) electrons. The maximum absolute atomic E-state index is 11.9. The van der Waals surface area contributed by atoms with Crippen LogP contribution in [0, 0.1) is 10.1 Å². The van der Waals surface area contributed by atoms with Gasteiger partial charge in [0.2, 0.25) is 11.0 Å². The summed E-state index contributed by atoms with van der Waals surface area (Å²) in [5.41, 5.74) is 1.45. The van der Waals surface area contributed by atoms with Gasteiger partial charge in [-0.3, -0.25) is 14.9 Å². The van der Waals surface area contributed by atoms with Crippen LogP contribution in [0.15, 0.2) is 53.6 Å². The molecule has 0 aliphatic carbocycles. The number of aromatic nitrogens is 1. The predicted molar refractivity (Wildman–Crippen MR) is 93.5 cm³/mol. The van der Waals surface area contributed by atoms with E-state index >= 15 is 0 Å². The second-order valence-corrected chi connectivity index (χ2v) is 5.90. The summed E-state index contributed by atoms with van der Waals surface area (Å²) >= 11 is 1.37. The third-order valence-corrected chi connectivity index (χ3v) is 4.20. The molecule has 1 aromatic heterocycles. The highest BCUT2D eigenvalue weighted by atomic mass is 32.1. The van der Waals surface area contributed by atoms with Gasteiger partial charge in [0.05, 0.1) is 21.4 Å². The molecule has 0 bridgehead atoms. The number of carbonyl (C=O) groups excluding carboxylic acids is 1. The number of non-ortho nitro benzene ring substituents is 1. The summed E-state index contributed by atoms with van der Waals surface area (Å²) in [7, 11) is 0. The Morgan fingerprint density at radius 1 is 1.25 bits per heavy atom. The smallest absolute Gasteiger partial charge is 0.269 e. The topological polar surface area (TPSA) is 88.7 Å². The average molecular weight is 340 g/mol. The van der Waals surface area contributed by atoms with Crippen LogP contribution in [0.5, 0.6) is 0 Å². The highest BCUT2D eigenvalue weighted by Crippen LogP contribution is 2.28. The van der Waals surface area contributed by atoms with Gasteiger partial charge in [-0.1, -0.05) is 23.5 Å². The fourth-order valence-electron chi connectivity index (χ4n) is 2.02. The van der Waals surface area contributed by atoms with E-state index in [4.69, 9.17) is 0 Å². The predicted octanol–water partition coefficient (Wildman–Crippen LogP) is 3.59. The molecule has 0 N–H and O–H groups in total. The van der Waals surface area contributed by atoms with E-state index in [2.05, 4.69) is 10.1 Å². The van der Waals surface area contributed by atoms with Gasteiger partial charge in [-0.05, 0) is 29.8 Å². The van der Waals surface area contributed by atoms with E-state index in [1.54, 1.807) is 12.1 Å². The summed E-state index contributed by atoms with van der Waals surface area (Å²) in [5, 5.41) is 16.5. The molecule has 120 valence electrons. The number of hydrazone groups is 1. The SMILES string of the molecule is CC(=O)N(/N=C/c1ccc([N+](=O)[O-])cc1)c1nc2ccccc2s1. The van der Waals surface area contributed by atoms with Crippen LogP contribution in [-0.2, 0) is 4.79 Å². The molecular formula is C16H12N4O3S. The Hall–Kier alpha value is -3.13. The van der Waals surface area contributed by atoms with Crippen LogP contribution >= 0.6 is 11.3 Å². The number of nitro groups is 1. The molecule has 24 heavy (non-hydrogen) atoms. The fourth-order valence-corrected chi connectivity index (χ4v) is 2.99. The quantitative estimate of drug-likeness (QED) is 0.412. The van der Waals surface area contributed by atoms with Gasteiger partial charge < -0.3 is 0 Å². The van der Waals surface area contributed by atoms with Crippen molar-refractivity contribution in [3.05, 3.63) is 64.2 Å². The van der Waals surface area contributed by atoms with Crippen molar-refractivity contribution in [2.75, 3.05) is 5.01 Å². The van der Waals surface area contributed by atoms with E-state index in [1.807, 2.05) is 24.3 Å². The van der Waals surface area contributed by atoms with Crippen molar-refractivity contribution in [2.24, 2.45) is 5.10 Å². The first-order valence-corrected chi connectivity index (χ1v) is 7.81. The Balaban J connectivity index is 1.88. The summed E-state index contributed by atoms with van der Waals surface area (Å²) < 4.78 is 0.962. The molecule has 0 aliphatic rings. The van der Waals surface area contributed by atoms with Crippen LogP contribution < -0.4 is 5.01 Å². The van der Waals surface area contributed by atoms with Gasteiger partial charge in [0.1, 0.15) is 0 Å². The zero-order valence-electron chi connectivity index (χ0n) is 12.6. The lowest BCUT2D eigenvalue weighted by Crippen LogP contribution is -2.22. The van der Waals surface area contributed by atoms with Crippen LogP contribution in [0.1, 0.15) is 12.5 Å². The van der Waals surface area contributed by atoms with E-state index in [9.17, 15) is 14.9 Å². The van der Waals surface area contributed by atoms with Crippen LogP contribution in [0.25, 0.3) is 10.2 Å². The fraction of sp³-hybridized carbons (Fsp3) is 0.0625. The molecule has 0 saturated carbocycles. The first kappa shape index (κ1) is 15.8. The third kappa shape index (κ3) is 3.28. The minimum Gasteiger partial charge on any atom is -0.273 e. The monoisotopic (exact) mass is 340 g/mol. The Bertz CT molecular complexity index is 901. The van der Waals surface area contributed by atoms with Gasteiger partial charge >= 0.3 is 0 Å². The Labute approximate surface area is 141 Å². The number of nitro benzene ring substituents is 1. The summed E-state index contributed by atoms with van der Waals surface area (Å²) in [4.78, 5) is 26.5. The number of amides is 1. The third-order valence-electron chi connectivity index (χ3n) is 3.19. The van der Waals surface area contributed by atoms with Crippen molar-refractivity contribution >= 4 is 44.5 Å². The molecule has 0 aliphatic heterocycles. The number of para-hydroxylation sites is 1. The highest BCUT2D eigenvalue weighted by Gasteiger charge is 2.15. The van der Waals surface area contributed by atoms with Crippen molar-refractivity contribution in [2.45, 2.75) is 6.92 Å². The molecular weight excluding hydrogens is 328 g/mol. The number of nitrogens with zero attached hydrogens (tertiary/aromatic N) is 4.